The van der Waals surface area contributed by atoms with Crippen molar-refractivity contribution in [1.82, 2.24) is 54.6 Å². The van der Waals surface area contributed by atoms with E-state index in [2.05, 4.69) is 45.6 Å². The lowest BCUT2D eigenvalue weighted by atomic mass is 10.1. The SMILES string of the molecule is CC(C)(C)OC(=O)NCc1noc(C2=CCc3ncccc32)n1.CCC(C)O.CCOC(=O)C(=C/C=C/OC)C(=O)OCC.CCOC(=O)c1cccn(Cc2ccc(C)cc2)c1=O.Cc1ccc(Cn2cccc(C(=O)O)c2=O)cc1.NCc1ccc(C(F)(F)F)cc1.O=C(NCc1noc(C2=CCc3ncccc32)n1)c1cccn(Cc2ccc(C(F)(F)F)cc2)c1=O. The number of carboxylic acids is 1. The number of benzene rings is 4. The number of hydrogen-bond donors (Lipinski definition) is 5. The fraction of sp³-hybridized carbons (Fsp3) is 0.287. The van der Waals surface area contributed by atoms with E-state index in [1.807, 2.05) is 106 Å². The molecule has 686 valence electrons. The average Bonchev–Trinajstić information content (AvgIpc) is 1.66. The molecule has 0 saturated carbocycles. The molecule has 4 aromatic carbocycles. The Balaban J connectivity index is 0.000000218. The van der Waals surface area contributed by atoms with E-state index in [-0.39, 0.29) is 85.8 Å². The quantitative estimate of drug-likeness (QED) is 0.00548. The molecule has 7 aromatic heterocycles. The summed E-state index contributed by atoms with van der Waals surface area (Å²) >= 11 is 0. The number of nitrogens with two attached hydrogens (primary N) is 1. The molecule has 2 aliphatic carbocycles. The number of fused-ring (bicyclic) bond motifs is 2. The molecule has 0 spiro atoms. The summed E-state index contributed by atoms with van der Waals surface area (Å²) < 4.78 is 113. The normalized spacial score (nSPS) is 11.8. The van der Waals surface area contributed by atoms with Crippen LogP contribution in [0, 0.1) is 13.8 Å². The molecule has 0 fully saturated rings. The number of hydrogen-bond acceptors (Lipinski definition) is 24. The van der Waals surface area contributed by atoms with Gasteiger partial charge in [-0.05, 0) is 176 Å². The zero-order valence-corrected chi connectivity index (χ0v) is 73.1. The first-order chi connectivity index (χ1) is 61.9. The summed E-state index contributed by atoms with van der Waals surface area (Å²) in [5, 5.41) is 30.2. The van der Waals surface area contributed by atoms with Gasteiger partial charge in [0, 0.05) is 72.6 Å². The highest BCUT2D eigenvalue weighted by Crippen LogP contribution is 2.33. The van der Waals surface area contributed by atoms with Crippen LogP contribution in [0.5, 0.6) is 0 Å². The highest BCUT2D eigenvalue weighted by molar-refractivity contribution is 6.14. The number of carbonyl (C=O) groups excluding carboxylic acids is 5. The van der Waals surface area contributed by atoms with E-state index >= 15 is 0 Å². The van der Waals surface area contributed by atoms with Crippen LogP contribution in [0.2, 0.25) is 0 Å². The lowest BCUT2D eigenvalue weighted by Crippen LogP contribution is -2.32. The van der Waals surface area contributed by atoms with Crippen molar-refractivity contribution in [1.29, 1.82) is 0 Å². The largest absolute Gasteiger partial charge is 0.504 e. The minimum absolute atomic E-state index is 0.0116. The van der Waals surface area contributed by atoms with Crippen molar-refractivity contribution in [3.8, 4) is 0 Å². The van der Waals surface area contributed by atoms with Crippen LogP contribution in [0.1, 0.15) is 183 Å². The van der Waals surface area contributed by atoms with Gasteiger partial charge in [0.05, 0.1) is 94.5 Å². The molecule has 2 amide bonds. The number of nitrogens with zero attached hydrogens (tertiary/aromatic N) is 9. The molecular formula is C94H100F6N12O18. The maximum absolute atomic E-state index is 12.8. The van der Waals surface area contributed by atoms with E-state index in [4.69, 9.17) is 43.9 Å². The number of amides is 2. The summed E-state index contributed by atoms with van der Waals surface area (Å²) in [5.74, 6) is -2.45. The number of ether oxygens (including phenoxy) is 5. The van der Waals surface area contributed by atoms with E-state index < -0.39 is 76.1 Å². The molecule has 13 rings (SSSR count). The van der Waals surface area contributed by atoms with Gasteiger partial charge in [-0.3, -0.25) is 29.1 Å². The van der Waals surface area contributed by atoms with Crippen molar-refractivity contribution < 1.29 is 98.1 Å². The van der Waals surface area contributed by atoms with Gasteiger partial charge in [-0.15, -0.1) is 0 Å². The van der Waals surface area contributed by atoms with Crippen LogP contribution in [0.3, 0.4) is 0 Å². The number of alkyl halides is 6. The highest BCUT2D eigenvalue weighted by Gasteiger charge is 2.32. The smallest absolute Gasteiger partial charge is 0.416 e. The minimum Gasteiger partial charge on any atom is -0.504 e. The zero-order chi connectivity index (χ0) is 95.3. The Labute approximate surface area is 743 Å². The molecule has 0 bridgehead atoms. The second kappa shape index (κ2) is 49.9. The number of allylic oxidation sites excluding steroid dienone is 4. The third-order valence-corrected chi connectivity index (χ3v) is 18.1. The Hall–Kier alpha value is -14.8. The lowest BCUT2D eigenvalue weighted by molar-refractivity contribution is -0.146. The molecule has 1 atom stereocenters. The minimum atomic E-state index is -4.44. The number of esters is 3. The number of aliphatic hydroxyl groups is 1. The van der Waals surface area contributed by atoms with E-state index in [1.165, 1.54) is 99.5 Å². The predicted octanol–water partition coefficient (Wildman–Crippen LogP) is 14.5. The molecule has 0 radical (unpaired) electrons. The number of methoxy groups -OCH3 is 1. The van der Waals surface area contributed by atoms with Gasteiger partial charge in [0.2, 0.25) is 0 Å². The van der Waals surface area contributed by atoms with Crippen molar-refractivity contribution >= 4 is 47.0 Å². The summed E-state index contributed by atoms with van der Waals surface area (Å²) in [6.07, 6.45) is 9.14. The van der Waals surface area contributed by atoms with Gasteiger partial charge in [0.15, 0.2) is 11.6 Å². The van der Waals surface area contributed by atoms with Crippen LogP contribution in [0.15, 0.2) is 248 Å². The van der Waals surface area contributed by atoms with Crippen LogP contribution < -0.4 is 33.0 Å². The second-order valence-corrected chi connectivity index (χ2v) is 29.2. The number of halogens is 6. The third-order valence-electron chi connectivity index (χ3n) is 18.1. The maximum Gasteiger partial charge on any atom is 0.416 e. The fourth-order valence-electron chi connectivity index (χ4n) is 11.4. The van der Waals surface area contributed by atoms with Crippen molar-refractivity contribution in [2.75, 3.05) is 26.9 Å². The van der Waals surface area contributed by atoms with Crippen molar-refractivity contribution in [2.45, 2.75) is 152 Å². The van der Waals surface area contributed by atoms with Gasteiger partial charge in [0.25, 0.3) is 34.4 Å². The van der Waals surface area contributed by atoms with Crippen LogP contribution in [0.25, 0.3) is 11.1 Å². The molecule has 2 aliphatic rings. The van der Waals surface area contributed by atoms with Gasteiger partial charge >= 0.3 is 42.3 Å². The summed E-state index contributed by atoms with van der Waals surface area (Å²) in [6, 6.07) is 41.5. The molecule has 36 heteroatoms. The molecule has 7 heterocycles. The van der Waals surface area contributed by atoms with Gasteiger partial charge in [0.1, 0.15) is 27.9 Å². The Morgan fingerprint density at radius 3 is 1.33 bits per heavy atom. The first-order valence-corrected chi connectivity index (χ1v) is 40.6. The van der Waals surface area contributed by atoms with Gasteiger partial charge in [-0.1, -0.05) is 125 Å². The Kier molecular flexibility index (Phi) is 39.3. The molecule has 11 aromatic rings. The third kappa shape index (κ3) is 32.2. The number of rotatable bonds is 24. The predicted molar refractivity (Wildman–Crippen MR) is 468 cm³/mol. The van der Waals surface area contributed by atoms with Crippen molar-refractivity contribution in [3.63, 3.8) is 0 Å². The summed E-state index contributed by atoms with van der Waals surface area (Å²) in [4.78, 5) is 124. The van der Waals surface area contributed by atoms with Crippen LogP contribution in [0.4, 0.5) is 31.1 Å². The number of carbonyl (C=O) groups is 6. The first kappa shape index (κ1) is 102. The lowest BCUT2D eigenvalue weighted by Gasteiger charge is -2.19. The van der Waals surface area contributed by atoms with Crippen molar-refractivity contribution in [3.05, 3.63) is 363 Å². The number of aliphatic hydroxyl groups excluding tert-OH is 1. The van der Waals surface area contributed by atoms with E-state index in [0.29, 0.717) is 48.2 Å². The fourth-order valence-corrected chi connectivity index (χ4v) is 11.4. The van der Waals surface area contributed by atoms with Crippen LogP contribution in [-0.2, 0) is 97.7 Å². The number of carboxylic acid groups (broad SMARTS) is 1. The van der Waals surface area contributed by atoms with Crippen LogP contribution in [-0.4, -0.2) is 129 Å². The standard InChI is InChI=1S/C25H18F3N5O3.C16H18N4O3.C16H17NO3.C14H13NO3.C11H16O5.C8H8F3N.C4H10O/c26-25(27,28)16-7-5-15(6-8-16)14-33-12-2-4-19(24(33)35)22(34)30-13-21-31-23(36-32-21)18-9-10-20-17(18)3-1-11-29-20;1-16(2,3)22-15(21)18-9-13-19-14(23-20-13)11-6-7-12-10(11)5-4-8-17-12;1-3-20-16(19)14-5-4-10-17(15(14)18)11-13-8-6-12(2)7-9-13;1-10-4-6-11(7-5-10)9-15-8-2-3-12(13(15)16)14(17)18;1-4-15-10(12)9(7-6-8-14-3)11(13)16-5-2;9-8(10,11)7-3-1-6(5-12)2-4-7;1-3-4(2)5/h1-9,11-12H,10,13-14H2,(H,30,34);4-6,8H,7,9H2,1-3H3,(H,18,21);4-10H,3,11H2,1-2H3;2-8H,9H2,1H3,(H,17,18);6-8H,4-5H2,1-3H3;1-4H,5,12H2;4-5H,3H2,1-2H3/b;;;;8-6+;;. The van der Waals surface area contributed by atoms with Crippen molar-refractivity contribution in [2.24, 2.45) is 5.73 Å². The molecule has 130 heavy (non-hydrogen) atoms. The maximum atomic E-state index is 12.8. The number of nitrogens with one attached hydrogen (secondary N) is 2. The van der Waals surface area contributed by atoms with Crippen LogP contribution >= 0.6 is 0 Å². The van der Waals surface area contributed by atoms with Gasteiger partial charge in [-0.25, -0.2) is 24.0 Å². The molecule has 0 saturated heterocycles. The summed E-state index contributed by atoms with van der Waals surface area (Å²) in [7, 11) is 1.46. The number of aromatic nitrogens is 9. The number of aromatic carboxylic acids is 1. The molecule has 6 N–H and O–H groups in total. The first-order valence-electron chi connectivity index (χ1n) is 40.6. The monoisotopic (exact) mass is 1800 g/mol. The number of pyridine rings is 5. The van der Waals surface area contributed by atoms with Gasteiger partial charge < -0.3 is 73.0 Å². The Bertz CT molecular complexity index is 5910. The Morgan fingerprint density at radius 1 is 0.546 bits per heavy atom. The molecule has 30 nitrogen and oxygen atoms in total. The van der Waals surface area contributed by atoms with Gasteiger partial charge in [-0.2, -0.15) is 36.3 Å². The summed E-state index contributed by atoms with van der Waals surface area (Å²) in [6.45, 7) is 20.0. The molecular weight excluding hydrogens is 1700 g/mol. The number of aryl methyl sites for hydroxylation is 2. The second-order valence-electron chi connectivity index (χ2n) is 29.2. The number of alkyl carbamates (subject to hydrolysis) is 1. The topological polar surface area (TPSA) is 409 Å². The zero-order valence-electron chi connectivity index (χ0n) is 73.1. The molecule has 1 unspecified atom stereocenters. The summed E-state index contributed by atoms with van der Waals surface area (Å²) in [5.41, 5.74) is 12.4. The molecule has 0 aliphatic heterocycles. The average molecular weight is 1800 g/mol. The van der Waals surface area contributed by atoms with E-state index in [0.717, 1.165) is 87.5 Å². The van der Waals surface area contributed by atoms with E-state index in [9.17, 15) is 69.5 Å². The highest BCUT2D eigenvalue weighted by atomic mass is 19.4. The Morgan fingerprint density at radius 2 is 0.938 bits per heavy atom. The van der Waals surface area contributed by atoms with E-state index in [1.54, 1.807) is 85.4 Å².